The lowest BCUT2D eigenvalue weighted by Crippen LogP contribution is -2.49. The number of carbonyl (C=O) groups excluding carboxylic acids is 3. The normalized spacial score (nSPS) is 23.2. The number of anilines is 1. The predicted octanol–water partition coefficient (Wildman–Crippen LogP) is 2.28. The van der Waals surface area contributed by atoms with Crippen LogP contribution in [0.2, 0.25) is 0 Å². The van der Waals surface area contributed by atoms with Crippen molar-refractivity contribution in [3.63, 3.8) is 0 Å². The van der Waals surface area contributed by atoms with Gasteiger partial charge in [0.05, 0.1) is 0 Å². The van der Waals surface area contributed by atoms with Crippen molar-refractivity contribution in [1.29, 1.82) is 0 Å². The number of nitrogens with zero attached hydrogens (tertiary/aromatic N) is 3. The lowest BCUT2D eigenvalue weighted by molar-refractivity contribution is -0.123. The number of rotatable bonds is 4. The van der Waals surface area contributed by atoms with Gasteiger partial charge in [-0.05, 0) is 61.4 Å². The number of aryl methyl sites for hydroxylation is 1. The minimum atomic E-state index is -1.12. The largest absolute Gasteiger partial charge is 0.353 e. The summed E-state index contributed by atoms with van der Waals surface area (Å²) in [5.41, 5.74) is 2.62. The number of piperazine rings is 1. The summed E-state index contributed by atoms with van der Waals surface area (Å²) in [6.45, 7) is 6.50. The zero-order chi connectivity index (χ0) is 22.5. The summed E-state index contributed by atoms with van der Waals surface area (Å²) in [5, 5.41) is 4.89. The van der Waals surface area contributed by atoms with E-state index in [1.165, 1.54) is 24.0 Å². The summed E-state index contributed by atoms with van der Waals surface area (Å²) in [5.74, 6) is 1.27. The Morgan fingerprint density at radius 2 is 1.78 bits per heavy atom. The second kappa shape index (κ2) is 7.62. The molecule has 3 aliphatic rings. The molecule has 2 N–H and O–H groups in total. The molecule has 1 aliphatic carbocycles. The van der Waals surface area contributed by atoms with E-state index >= 15 is 0 Å². The van der Waals surface area contributed by atoms with E-state index in [0.717, 1.165) is 18.9 Å². The van der Waals surface area contributed by atoms with Crippen molar-refractivity contribution in [3.8, 4) is 0 Å². The molecule has 2 aromatic rings. The van der Waals surface area contributed by atoms with Gasteiger partial charge in [-0.25, -0.2) is 9.78 Å². The van der Waals surface area contributed by atoms with E-state index < -0.39 is 17.5 Å². The maximum absolute atomic E-state index is 13.0. The summed E-state index contributed by atoms with van der Waals surface area (Å²) in [6, 6.07) is 8.63. The van der Waals surface area contributed by atoms with E-state index in [2.05, 4.69) is 28.5 Å². The highest BCUT2D eigenvalue weighted by molar-refractivity contribution is 6.07. The third kappa shape index (κ3) is 3.59. The van der Waals surface area contributed by atoms with Gasteiger partial charge >= 0.3 is 6.03 Å². The van der Waals surface area contributed by atoms with Crippen LogP contribution in [-0.2, 0) is 10.3 Å². The Balaban J connectivity index is 1.23. The summed E-state index contributed by atoms with van der Waals surface area (Å²) < 4.78 is 0. The van der Waals surface area contributed by atoms with Crippen molar-refractivity contribution in [2.75, 3.05) is 31.1 Å². The summed E-state index contributed by atoms with van der Waals surface area (Å²) >= 11 is 0. The fourth-order valence-electron chi connectivity index (χ4n) is 4.56. The Morgan fingerprint density at radius 3 is 2.34 bits per heavy atom. The fraction of sp³-hybridized carbons (Fsp3) is 0.417. The first-order valence-electron chi connectivity index (χ1n) is 11.1. The second-order valence-electron chi connectivity index (χ2n) is 9.07. The zero-order valence-electron chi connectivity index (χ0n) is 18.4. The average molecular weight is 434 g/mol. The average Bonchev–Trinajstić information content (AvgIpc) is 3.60. The van der Waals surface area contributed by atoms with Crippen molar-refractivity contribution < 1.29 is 14.4 Å². The third-order valence-electron chi connectivity index (χ3n) is 6.74. The molecule has 1 atom stereocenters. The Labute approximate surface area is 187 Å². The van der Waals surface area contributed by atoms with E-state index in [-0.39, 0.29) is 5.91 Å². The van der Waals surface area contributed by atoms with Crippen molar-refractivity contribution in [2.45, 2.75) is 38.1 Å². The van der Waals surface area contributed by atoms with Gasteiger partial charge in [0.15, 0.2) is 0 Å². The van der Waals surface area contributed by atoms with Crippen molar-refractivity contribution in [2.24, 2.45) is 0 Å². The number of nitrogens with one attached hydrogen (secondary N) is 2. The van der Waals surface area contributed by atoms with Gasteiger partial charge in [0.1, 0.15) is 11.4 Å². The number of benzene rings is 1. The summed E-state index contributed by atoms with van der Waals surface area (Å²) in [4.78, 5) is 45.5. The monoisotopic (exact) mass is 433 g/mol. The van der Waals surface area contributed by atoms with Crippen molar-refractivity contribution >= 4 is 23.7 Å². The molecule has 166 valence electrons. The Hall–Kier alpha value is -3.42. The number of pyridine rings is 1. The molecule has 3 heterocycles. The minimum Gasteiger partial charge on any atom is -0.353 e. The zero-order valence-corrected chi connectivity index (χ0v) is 18.4. The highest BCUT2D eigenvalue weighted by atomic mass is 16.2. The molecule has 0 radical (unpaired) electrons. The molecule has 32 heavy (non-hydrogen) atoms. The highest BCUT2D eigenvalue weighted by Crippen LogP contribution is 2.40. The van der Waals surface area contributed by atoms with Gasteiger partial charge in [-0.15, -0.1) is 0 Å². The van der Waals surface area contributed by atoms with Gasteiger partial charge in [0.2, 0.25) is 0 Å². The minimum absolute atomic E-state index is 0.0324. The van der Waals surface area contributed by atoms with E-state index in [1.54, 1.807) is 31.2 Å². The summed E-state index contributed by atoms with van der Waals surface area (Å²) in [6.07, 6.45) is 4.54. The topological polar surface area (TPSA) is 94.6 Å². The number of imide groups is 1. The molecule has 0 spiro atoms. The fourth-order valence-corrected chi connectivity index (χ4v) is 4.56. The number of aromatic nitrogens is 1. The van der Waals surface area contributed by atoms with Crippen LogP contribution < -0.4 is 15.5 Å². The highest BCUT2D eigenvalue weighted by Gasteiger charge is 2.43. The van der Waals surface area contributed by atoms with Crippen LogP contribution in [0.4, 0.5) is 10.6 Å². The molecule has 8 nitrogen and oxygen atoms in total. The summed E-state index contributed by atoms with van der Waals surface area (Å²) in [7, 11) is 0. The lowest BCUT2D eigenvalue weighted by atomic mass is 9.91. The van der Waals surface area contributed by atoms with Crippen LogP contribution in [0.5, 0.6) is 0 Å². The van der Waals surface area contributed by atoms with Gasteiger partial charge in [-0.1, -0.05) is 18.2 Å². The van der Waals surface area contributed by atoms with E-state index in [9.17, 15) is 14.4 Å². The standard InChI is InChI=1S/C24H27N5O3/c1-15-13-18(16-3-4-16)14-25-20(15)28-9-11-29(12-10-28)21(30)17-5-7-19(8-6-17)24(2)22(31)26-23(32)27-24/h5-8,13-14,16H,3-4,9-12H2,1-2H3,(H2,26,27,31,32). The van der Waals surface area contributed by atoms with Crippen LogP contribution in [0.15, 0.2) is 36.5 Å². The molecule has 1 aromatic carbocycles. The van der Waals surface area contributed by atoms with E-state index in [4.69, 9.17) is 4.98 Å². The van der Waals surface area contributed by atoms with E-state index in [1.807, 2.05) is 11.1 Å². The maximum Gasteiger partial charge on any atom is 0.322 e. The van der Waals surface area contributed by atoms with Crippen LogP contribution in [-0.4, -0.2) is 53.9 Å². The smallest absolute Gasteiger partial charge is 0.322 e. The molecule has 5 rings (SSSR count). The van der Waals surface area contributed by atoms with Gasteiger partial charge < -0.3 is 15.1 Å². The third-order valence-corrected chi connectivity index (χ3v) is 6.74. The molecule has 0 bridgehead atoms. The van der Waals surface area contributed by atoms with Gasteiger partial charge in [0.25, 0.3) is 11.8 Å². The molecule has 1 aromatic heterocycles. The first-order chi connectivity index (χ1) is 15.3. The van der Waals surface area contributed by atoms with Crippen molar-refractivity contribution in [1.82, 2.24) is 20.5 Å². The Morgan fingerprint density at radius 1 is 1.09 bits per heavy atom. The quantitative estimate of drug-likeness (QED) is 0.722. The van der Waals surface area contributed by atoms with Gasteiger partial charge in [-0.3, -0.25) is 14.9 Å². The SMILES string of the molecule is Cc1cc(C2CC2)cnc1N1CCN(C(=O)c2ccc(C3(C)NC(=O)NC3=O)cc2)CC1. The molecule has 1 unspecified atom stereocenters. The number of carbonyl (C=O) groups is 3. The first-order valence-corrected chi connectivity index (χ1v) is 11.1. The van der Waals surface area contributed by atoms with Crippen LogP contribution in [0, 0.1) is 6.92 Å². The maximum atomic E-state index is 13.0. The Bertz CT molecular complexity index is 1090. The van der Waals surface area contributed by atoms with Crippen LogP contribution in [0.25, 0.3) is 0 Å². The predicted molar refractivity (Wildman–Crippen MR) is 120 cm³/mol. The second-order valence-corrected chi connectivity index (χ2v) is 9.07. The number of hydrogen-bond donors (Lipinski definition) is 2. The van der Waals surface area contributed by atoms with Crippen LogP contribution in [0.1, 0.15) is 52.7 Å². The Kier molecular flexibility index (Phi) is 4.87. The first kappa shape index (κ1) is 20.5. The number of amides is 4. The van der Waals surface area contributed by atoms with Gasteiger partial charge in [0, 0.05) is 37.9 Å². The molecular formula is C24H27N5O3. The van der Waals surface area contributed by atoms with Crippen LogP contribution in [0.3, 0.4) is 0 Å². The molecule has 2 saturated heterocycles. The van der Waals surface area contributed by atoms with Crippen LogP contribution >= 0.6 is 0 Å². The molecule has 1 saturated carbocycles. The molecule has 4 amide bonds. The number of hydrogen-bond acceptors (Lipinski definition) is 5. The van der Waals surface area contributed by atoms with Gasteiger partial charge in [-0.2, -0.15) is 0 Å². The van der Waals surface area contributed by atoms with Crippen molar-refractivity contribution in [3.05, 3.63) is 58.8 Å². The molecule has 2 aliphatic heterocycles. The molecular weight excluding hydrogens is 406 g/mol. The lowest BCUT2D eigenvalue weighted by Gasteiger charge is -2.36. The number of urea groups is 1. The molecule has 3 fully saturated rings. The molecule has 8 heteroatoms. The van der Waals surface area contributed by atoms with E-state index in [0.29, 0.717) is 30.1 Å².